The van der Waals surface area contributed by atoms with Crippen LogP contribution >= 0.6 is 27.3 Å². The van der Waals surface area contributed by atoms with Gasteiger partial charge in [0.1, 0.15) is 23.1 Å². The van der Waals surface area contributed by atoms with Crippen LogP contribution in [0.1, 0.15) is 48.7 Å². The first-order chi connectivity index (χ1) is 13.1. The van der Waals surface area contributed by atoms with Gasteiger partial charge in [-0.25, -0.2) is 4.98 Å². The highest BCUT2D eigenvalue weighted by atomic mass is 79.9. The van der Waals surface area contributed by atoms with Crippen LogP contribution in [0.4, 0.5) is 0 Å². The van der Waals surface area contributed by atoms with Crippen molar-refractivity contribution in [3.63, 3.8) is 0 Å². The first-order valence-corrected chi connectivity index (χ1v) is 10.9. The van der Waals surface area contributed by atoms with Crippen molar-refractivity contribution in [2.45, 2.75) is 44.1 Å². The number of fused-ring (bicyclic) bond motifs is 1. The molecule has 4 nitrogen and oxygen atoms in total. The number of hydrogen-bond donors (Lipinski definition) is 0. The number of allylic oxidation sites excluding steroid dienone is 4. The molecule has 0 N–H and O–H groups in total. The van der Waals surface area contributed by atoms with E-state index in [9.17, 15) is 10.1 Å². The maximum atomic E-state index is 12.4. The standard InChI is InChI=1S/C21H19BrN2O2S/c22-16-6-7-19-14(9-16)10-17(21(25)26-19)18-12-27-20(24-18)15(11-23)8-13-4-2-1-3-5-13/h6-10,12-13,17,19H,1-5H2/b15-8+/t17-,19+/m1/s1. The fourth-order valence-corrected chi connectivity index (χ4v) is 4.99. The zero-order valence-corrected chi connectivity index (χ0v) is 17.1. The summed E-state index contributed by atoms with van der Waals surface area (Å²) in [5, 5.41) is 12.1. The molecule has 0 bridgehead atoms. The van der Waals surface area contributed by atoms with Crippen molar-refractivity contribution in [1.82, 2.24) is 4.98 Å². The van der Waals surface area contributed by atoms with Gasteiger partial charge in [-0.15, -0.1) is 11.3 Å². The van der Waals surface area contributed by atoms with E-state index >= 15 is 0 Å². The maximum absolute atomic E-state index is 12.4. The van der Waals surface area contributed by atoms with E-state index in [0.717, 1.165) is 22.9 Å². The Morgan fingerprint density at radius 2 is 2.19 bits per heavy atom. The van der Waals surface area contributed by atoms with Crippen LogP contribution in [0, 0.1) is 17.2 Å². The van der Waals surface area contributed by atoms with Crippen molar-refractivity contribution >= 4 is 38.8 Å². The smallest absolute Gasteiger partial charge is 0.319 e. The molecule has 27 heavy (non-hydrogen) atoms. The molecule has 2 heterocycles. The number of halogens is 1. The zero-order valence-electron chi connectivity index (χ0n) is 14.7. The molecule has 0 radical (unpaired) electrons. The van der Waals surface area contributed by atoms with Gasteiger partial charge in [0.15, 0.2) is 0 Å². The van der Waals surface area contributed by atoms with Crippen molar-refractivity contribution in [2.75, 3.05) is 0 Å². The van der Waals surface area contributed by atoms with Crippen LogP contribution in [0.2, 0.25) is 0 Å². The van der Waals surface area contributed by atoms with Gasteiger partial charge in [0, 0.05) is 9.86 Å². The third kappa shape index (κ3) is 3.99. The third-order valence-electron chi connectivity index (χ3n) is 5.16. The Morgan fingerprint density at radius 1 is 1.37 bits per heavy atom. The van der Waals surface area contributed by atoms with Gasteiger partial charge in [0.05, 0.1) is 11.3 Å². The molecule has 3 aliphatic rings. The Kier molecular flexibility index (Phi) is 5.42. The predicted octanol–water partition coefficient (Wildman–Crippen LogP) is 5.41. The Hall–Kier alpha value is -1.97. The lowest BCUT2D eigenvalue weighted by Crippen LogP contribution is -2.28. The number of nitriles is 1. The van der Waals surface area contributed by atoms with Gasteiger partial charge in [-0.1, -0.05) is 47.3 Å². The summed E-state index contributed by atoms with van der Waals surface area (Å²) in [5.41, 5.74) is 2.22. The fraction of sp³-hybridized carbons (Fsp3) is 0.381. The number of esters is 1. The zero-order chi connectivity index (χ0) is 18.8. The second-order valence-electron chi connectivity index (χ2n) is 7.06. The average Bonchev–Trinajstić information content (AvgIpc) is 3.16. The summed E-state index contributed by atoms with van der Waals surface area (Å²) in [5.74, 6) is -0.370. The SMILES string of the molecule is N#C/C(=C\C1CCCCC1)c1nc([C@H]2C=C3C=C(Br)C=C[C@@H]3OC2=O)cs1. The molecule has 0 amide bonds. The Morgan fingerprint density at radius 3 is 2.96 bits per heavy atom. The summed E-state index contributed by atoms with van der Waals surface area (Å²) in [6, 6.07) is 2.30. The Labute approximate surface area is 171 Å². The lowest BCUT2D eigenvalue weighted by atomic mass is 9.88. The number of thiazole rings is 1. The summed E-state index contributed by atoms with van der Waals surface area (Å²) in [7, 11) is 0. The third-order valence-corrected chi connectivity index (χ3v) is 6.55. The second kappa shape index (κ2) is 7.95. The van der Waals surface area contributed by atoms with E-state index in [4.69, 9.17) is 4.74 Å². The van der Waals surface area contributed by atoms with Gasteiger partial charge in [0.25, 0.3) is 0 Å². The van der Waals surface area contributed by atoms with E-state index in [-0.39, 0.29) is 12.1 Å². The van der Waals surface area contributed by atoms with Crippen molar-refractivity contribution in [2.24, 2.45) is 5.92 Å². The molecule has 1 aromatic heterocycles. The molecule has 4 rings (SSSR count). The van der Waals surface area contributed by atoms with Crippen LogP contribution in [-0.2, 0) is 9.53 Å². The molecule has 0 spiro atoms. The second-order valence-corrected chi connectivity index (χ2v) is 8.83. The molecule has 0 saturated heterocycles. The Balaban J connectivity index is 1.59. The minimum absolute atomic E-state index is 0.300. The summed E-state index contributed by atoms with van der Waals surface area (Å²) in [4.78, 5) is 17.1. The number of ether oxygens (including phenoxy) is 1. The number of carbonyl (C=O) groups is 1. The van der Waals surface area contributed by atoms with E-state index in [0.29, 0.717) is 22.2 Å². The molecule has 1 aromatic rings. The van der Waals surface area contributed by atoms with E-state index in [1.54, 1.807) is 0 Å². The molecule has 1 fully saturated rings. The highest BCUT2D eigenvalue weighted by molar-refractivity contribution is 9.11. The summed E-state index contributed by atoms with van der Waals surface area (Å²) in [6.45, 7) is 0. The topological polar surface area (TPSA) is 63.0 Å². The van der Waals surface area contributed by atoms with Gasteiger partial charge in [-0.3, -0.25) is 4.79 Å². The van der Waals surface area contributed by atoms with E-state index in [1.165, 1.54) is 30.6 Å². The first kappa shape index (κ1) is 18.4. The number of hydrogen-bond acceptors (Lipinski definition) is 5. The number of rotatable bonds is 3. The summed E-state index contributed by atoms with van der Waals surface area (Å²) < 4.78 is 6.50. The molecule has 6 heteroatoms. The van der Waals surface area contributed by atoms with Crippen LogP contribution in [-0.4, -0.2) is 17.1 Å². The number of nitrogens with zero attached hydrogens (tertiary/aromatic N) is 2. The lowest BCUT2D eigenvalue weighted by molar-refractivity contribution is -0.147. The molecule has 1 saturated carbocycles. The van der Waals surface area contributed by atoms with Gasteiger partial charge < -0.3 is 4.74 Å². The monoisotopic (exact) mass is 442 g/mol. The van der Waals surface area contributed by atoms with Crippen LogP contribution in [0.3, 0.4) is 0 Å². The quantitative estimate of drug-likeness (QED) is 0.463. The highest BCUT2D eigenvalue weighted by Gasteiger charge is 2.32. The maximum Gasteiger partial charge on any atom is 0.319 e. The van der Waals surface area contributed by atoms with Crippen LogP contribution < -0.4 is 0 Å². The molecular weight excluding hydrogens is 424 g/mol. The summed E-state index contributed by atoms with van der Waals surface area (Å²) in [6.07, 6.45) is 15.4. The van der Waals surface area contributed by atoms with Crippen LogP contribution in [0.15, 0.2) is 45.8 Å². The highest BCUT2D eigenvalue weighted by Crippen LogP contribution is 2.35. The lowest BCUT2D eigenvalue weighted by Gasteiger charge is -2.26. The van der Waals surface area contributed by atoms with E-state index < -0.39 is 5.92 Å². The molecule has 1 aliphatic heterocycles. The molecule has 138 valence electrons. The molecule has 2 aliphatic carbocycles. The van der Waals surface area contributed by atoms with E-state index in [2.05, 4.69) is 33.1 Å². The number of carbonyl (C=O) groups excluding carboxylic acids is 1. The molecular formula is C21H19BrN2O2S. The largest absolute Gasteiger partial charge is 0.452 e. The van der Waals surface area contributed by atoms with Gasteiger partial charge in [-0.2, -0.15) is 5.26 Å². The van der Waals surface area contributed by atoms with Gasteiger partial charge in [0.2, 0.25) is 0 Å². The molecule has 0 unspecified atom stereocenters. The predicted molar refractivity (Wildman–Crippen MR) is 109 cm³/mol. The van der Waals surface area contributed by atoms with Crippen molar-refractivity contribution in [3.8, 4) is 6.07 Å². The Bertz CT molecular complexity index is 913. The normalized spacial score (nSPS) is 25.9. The first-order valence-electron chi connectivity index (χ1n) is 9.19. The summed E-state index contributed by atoms with van der Waals surface area (Å²) >= 11 is 4.88. The van der Waals surface area contributed by atoms with Gasteiger partial charge in [-0.05, 0) is 42.6 Å². The number of aromatic nitrogens is 1. The minimum Gasteiger partial charge on any atom is -0.452 e. The average molecular weight is 443 g/mol. The van der Waals surface area contributed by atoms with Crippen molar-refractivity contribution in [3.05, 3.63) is 56.5 Å². The van der Waals surface area contributed by atoms with Crippen molar-refractivity contribution in [1.29, 1.82) is 5.26 Å². The van der Waals surface area contributed by atoms with Crippen molar-refractivity contribution < 1.29 is 9.53 Å². The van der Waals surface area contributed by atoms with Gasteiger partial charge >= 0.3 is 5.97 Å². The van der Waals surface area contributed by atoms with Crippen LogP contribution in [0.5, 0.6) is 0 Å². The minimum atomic E-state index is -0.529. The molecule has 2 atom stereocenters. The fourth-order valence-electron chi connectivity index (χ4n) is 3.74. The molecule has 0 aromatic carbocycles. The van der Waals surface area contributed by atoms with Crippen LogP contribution in [0.25, 0.3) is 5.57 Å². The van der Waals surface area contributed by atoms with E-state index in [1.807, 2.05) is 29.7 Å².